The van der Waals surface area contributed by atoms with Gasteiger partial charge in [0, 0.05) is 24.7 Å². The molecule has 0 saturated heterocycles. The van der Waals surface area contributed by atoms with Gasteiger partial charge in [-0.25, -0.2) is 9.69 Å². The molecule has 0 radical (unpaired) electrons. The van der Waals surface area contributed by atoms with Gasteiger partial charge in [-0.3, -0.25) is 9.59 Å². The molecule has 7 nitrogen and oxygen atoms in total. The van der Waals surface area contributed by atoms with Crippen molar-refractivity contribution in [3.8, 4) is 11.5 Å². The van der Waals surface area contributed by atoms with Crippen LogP contribution in [0.1, 0.15) is 48.3 Å². The van der Waals surface area contributed by atoms with Gasteiger partial charge in [0.15, 0.2) is 0 Å². The Bertz CT molecular complexity index is 1270. The van der Waals surface area contributed by atoms with Crippen molar-refractivity contribution < 1.29 is 28.6 Å². The number of hydrogen-bond acceptors (Lipinski definition) is 6. The lowest BCUT2D eigenvalue weighted by atomic mass is 9.54. The van der Waals surface area contributed by atoms with Crippen LogP contribution in [-0.2, 0) is 19.7 Å². The molecule has 1 aliphatic heterocycles. The number of fused-ring (bicyclic) bond motifs is 2. The van der Waals surface area contributed by atoms with Gasteiger partial charge in [-0.15, -0.1) is 0 Å². The van der Waals surface area contributed by atoms with E-state index >= 15 is 0 Å². The van der Waals surface area contributed by atoms with Crippen LogP contribution < -0.4 is 14.4 Å². The molecule has 0 bridgehead atoms. The molecule has 0 N–H and O–H groups in total. The highest BCUT2D eigenvalue weighted by Gasteiger charge is 2.64. The van der Waals surface area contributed by atoms with Crippen molar-refractivity contribution in [1.82, 2.24) is 0 Å². The fourth-order valence-corrected chi connectivity index (χ4v) is 6.01. The van der Waals surface area contributed by atoms with Gasteiger partial charge in [-0.1, -0.05) is 42.5 Å². The number of nitrogens with zero attached hydrogens (tertiary/aromatic N) is 1. The minimum absolute atomic E-state index is 0.0622. The predicted molar refractivity (Wildman–Crippen MR) is 138 cm³/mol. The minimum atomic E-state index is -1.19. The molecule has 3 aromatic rings. The zero-order valence-corrected chi connectivity index (χ0v) is 21.1. The van der Waals surface area contributed by atoms with E-state index in [0.717, 1.165) is 21.6 Å². The second-order valence-electron chi connectivity index (χ2n) is 9.32. The van der Waals surface area contributed by atoms with Crippen molar-refractivity contribution in [1.29, 1.82) is 0 Å². The molecule has 2 atom stereocenters. The van der Waals surface area contributed by atoms with Gasteiger partial charge in [0.2, 0.25) is 5.91 Å². The van der Waals surface area contributed by atoms with E-state index in [1.807, 2.05) is 60.7 Å². The first-order chi connectivity index (χ1) is 17.9. The average Bonchev–Trinajstić information content (AvgIpc) is 3.18. The molecule has 37 heavy (non-hydrogen) atoms. The van der Waals surface area contributed by atoms with Crippen molar-refractivity contribution in [3.63, 3.8) is 0 Å². The van der Waals surface area contributed by atoms with Crippen LogP contribution in [0.4, 0.5) is 10.5 Å². The molecular weight excluding hydrogens is 470 g/mol. The fourth-order valence-electron chi connectivity index (χ4n) is 6.01. The van der Waals surface area contributed by atoms with E-state index in [9.17, 15) is 14.4 Å². The van der Waals surface area contributed by atoms with Gasteiger partial charge >= 0.3 is 6.09 Å². The molecule has 0 aromatic heterocycles. The molecule has 1 fully saturated rings. The molecule has 2 aliphatic rings. The van der Waals surface area contributed by atoms with E-state index in [1.165, 1.54) is 0 Å². The number of benzene rings is 3. The predicted octanol–water partition coefficient (Wildman–Crippen LogP) is 5.38. The number of imide groups is 1. The lowest BCUT2D eigenvalue weighted by Crippen LogP contribution is -2.53. The van der Waals surface area contributed by atoms with E-state index in [2.05, 4.69) is 0 Å². The van der Waals surface area contributed by atoms with E-state index in [-0.39, 0.29) is 31.1 Å². The van der Waals surface area contributed by atoms with Crippen LogP contribution in [0.5, 0.6) is 11.5 Å². The lowest BCUT2D eigenvalue weighted by molar-refractivity contribution is -0.130. The molecule has 0 unspecified atom stereocenters. The Labute approximate surface area is 215 Å². The Morgan fingerprint density at radius 2 is 1.35 bits per heavy atom. The maximum atomic E-state index is 14.6. The monoisotopic (exact) mass is 499 g/mol. The summed E-state index contributed by atoms with van der Waals surface area (Å²) in [5.41, 5.74) is 1.70. The number of rotatable bonds is 5. The molecule has 1 saturated carbocycles. The van der Waals surface area contributed by atoms with Gasteiger partial charge in [0.1, 0.15) is 17.3 Å². The highest BCUT2D eigenvalue weighted by atomic mass is 16.6. The summed E-state index contributed by atoms with van der Waals surface area (Å²) in [7, 11) is 3.18. The molecule has 1 heterocycles. The van der Waals surface area contributed by atoms with Crippen LogP contribution >= 0.6 is 0 Å². The van der Waals surface area contributed by atoms with Gasteiger partial charge in [-0.2, -0.15) is 0 Å². The molecule has 3 aromatic carbocycles. The van der Waals surface area contributed by atoms with Gasteiger partial charge in [-0.05, 0) is 53.9 Å². The highest BCUT2D eigenvalue weighted by molar-refractivity contribution is 6.22. The number of carbonyl (C=O) groups excluding carboxylic acids is 3. The quantitative estimate of drug-likeness (QED) is 0.469. The summed E-state index contributed by atoms with van der Waals surface area (Å²) in [4.78, 5) is 42.2. The number of hydrogen-bond donors (Lipinski definition) is 0. The molecular formula is C30H29NO6. The standard InChI is InChI=1S/C30H29NO6/c1-4-37-29(34)31-27-8-6-5-7-24(27)30(28(31)33)25(19-9-13-22(35-2)14-10-19)17-21(32)18-26(30)20-11-15-23(36-3)16-12-20/h5-16,25-26H,4,17-18H2,1-3H3/t25-,26-/m0/s1. The molecule has 7 heteroatoms. The minimum Gasteiger partial charge on any atom is -0.497 e. The number of methoxy groups -OCH3 is 2. The molecule has 1 aliphatic carbocycles. The van der Waals surface area contributed by atoms with Crippen molar-refractivity contribution >= 4 is 23.5 Å². The van der Waals surface area contributed by atoms with Crippen molar-refractivity contribution in [2.24, 2.45) is 0 Å². The SMILES string of the molecule is CCOC(=O)N1C(=O)C2(c3ccccc31)[C@H](c1ccc(OC)cc1)CC(=O)C[C@H]2c1ccc(OC)cc1. The van der Waals surface area contributed by atoms with Crippen molar-refractivity contribution in [3.05, 3.63) is 89.5 Å². The number of Topliss-reactive ketones (excluding diaryl/α,β-unsaturated/α-hetero) is 1. The summed E-state index contributed by atoms with van der Waals surface area (Å²) in [5.74, 6) is 0.0453. The Morgan fingerprint density at radius 3 is 1.84 bits per heavy atom. The van der Waals surface area contributed by atoms with Gasteiger partial charge in [0.25, 0.3) is 0 Å². The Hall–Kier alpha value is -4.13. The van der Waals surface area contributed by atoms with Crippen LogP contribution in [0.2, 0.25) is 0 Å². The summed E-state index contributed by atoms with van der Waals surface area (Å²) in [6, 6.07) is 22.3. The second kappa shape index (κ2) is 9.73. The molecule has 2 amide bonds. The number of ketones is 1. The van der Waals surface area contributed by atoms with Crippen LogP contribution in [0.3, 0.4) is 0 Å². The van der Waals surface area contributed by atoms with Crippen LogP contribution in [0, 0.1) is 0 Å². The largest absolute Gasteiger partial charge is 0.497 e. The van der Waals surface area contributed by atoms with Crippen LogP contribution in [0.15, 0.2) is 72.8 Å². The Balaban J connectivity index is 1.78. The third kappa shape index (κ3) is 3.86. The zero-order chi connectivity index (χ0) is 26.2. The molecule has 5 rings (SSSR count). The Morgan fingerprint density at radius 1 is 0.838 bits per heavy atom. The number of anilines is 1. The van der Waals surface area contributed by atoms with Gasteiger partial charge in [0.05, 0.1) is 31.9 Å². The summed E-state index contributed by atoms with van der Waals surface area (Å²) in [5, 5.41) is 0. The summed E-state index contributed by atoms with van der Waals surface area (Å²) >= 11 is 0. The number of carbonyl (C=O) groups is 3. The fraction of sp³-hybridized carbons (Fsp3) is 0.300. The maximum Gasteiger partial charge on any atom is 0.421 e. The summed E-state index contributed by atoms with van der Waals surface area (Å²) in [6.45, 7) is 1.85. The summed E-state index contributed by atoms with van der Waals surface area (Å²) in [6.07, 6.45) is -0.360. The second-order valence-corrected chi connectivity index (χ2v) is 9.32. The number of para-hydroxylation sites is 1. The topological polar surface area (TPSA) is 82.1 Å². The Kier molecular flexibility index (Phi) is 6.46. The van der Waals surface area contributed by atoms with E-state index in [0.29, 0.717) is 17.2 Å². The van der Waals surface area contributed by atoms with Crippen molar-refractivity contribution in [2.45, 2.75) is 37.0 Å². The first-order valence-corrected chi connectivity index (χ1v) is 12.4. The first kappa shape index (κ1) is 24.6. The van der Waals surface area contributed by atoms with E-state index < -0.39 is 23.3 Å². The molecule has 1 spiro atoms. The van der Waals surface area contributed by atoms with E-state index in [1.54, 1.807) is 33.3 Å². The smallest absolute Gasteiger partial charge is 0.421 e. The normalized spacial score (nSPS) is 20.0. The third-order valence-electron chi connectivity index (χ3n) is 7.60. The number of amides is 2. The van der Waals surface area contributed by atoms with Crippen molar-refractivity contribution in [2.75, 3.05) is 25.7 Å². The maximum absolute atomic E-state index is 14.6. The third-order valence-corrected chi connectivity index (χ3v) is 7.60. The first-order valence-electron chi connectivity index (χ1n) is 12.4. The molecule has 190 valence electrons. The zero-order valence-electron chi connectivity index (χ0n) is 21.1. The lowest BCUT2D eigenvalue weighted by Gasteiger charge is -2.46. The summed E-state index contributed by atoms with van der Waals surface area (Å²) < 4.78 is 16.0. The van der Waals surface area contributed by atoms with Gasteiger partial charge < -0.3 is 14.2 Å². The van der Waals surface area contributed by atoms with Crippen LogP contribution in [-0.4, -0.2) is 38.6 Å². The van der Waals surface area contributed by atoms with E-state index in [4.69, 9.17) is 14.2 Å². The highest BCUT2D eigenvalue weighted by Crippen LogP contribution is 2.61. The average molecular weight is 500 g/mol. The number of ether oxygens (including phenoxy) is 3. The van der Waals surface area contributed by atoms with Crippen LogP contribution in [0.25, 0.3) is 0 Å².